The summed E-state index contributed by atoms with van der Waals surface area (Å²) in [7, 11) is 0. The number of halogens is 1. The minimum atomic E-state index is 0.310. The first-order valence-corrected chi connectivity index (χ1v) is 6.27. The predicted molar refractivity (Wildman–Crippen MR) is 72.8 cm³/mol. The summed E-state index contributed by atoms with van der Waals surface area (Å²) in [6.45, 7) is 1.55. The lowest BCUT2D eigenvalue weighted by molar-refractivity contribution is 0.474. The normalized spacial score (nSPS) is 10.4. The summed E-state index contributed by atoms with van der Waals surface area (Å²) in [5.74, 6) is 0.310. The average molecular weight is 292 g/mol. The second-order valence-corrected chi connectivity index (χ2v) is 4.72. The third-order valence-electron chi connectivity index (χ3n) is 2.51. The molecular formula is C14H14BrNO. The Kier molecular flexibility index (Phi) is 4.18. The molecule has 2 N–H and O–H groups in total. The van der Waals surface area contributed by atoms with Crippen LogP contribution in [0.4, 0.5) is 0 Å². The van der Waals surface area contributed by atoms with Gasteiger partial charge in [-0.05, 0) is 29.3 Å². The van der Waals surface area contributed by atoms with Crippen LogP contribution in [-0.4, -0.2) is 5.11 Å². The first-order chi connectivity index (χ1) is 8.25. The summed E-state index contributed by atoms with van der Waals surface area (Å²) in [6, 6.07) is 15.4. The molecule has 0 amide bonds. The molecule has 0 aliphatic carbocycles. The van der Waals surface area contributed by atoms with Crippen molar-refractivity contribution in [2.24, 2.45) is 0 Å². The molecular weight excluding hydrogens is 278 g/mol. The number of nitrogens with one attached hydrogen (secondary N) is 1. The Balaban J connectivity index is 1.90. The Morgan fingerprint density at radius 3 is 2.59 bits per heavy atom. The van der Waals surface area contributed by atoms with Gasteiger partial charge in [0.15, 0.2) is 0 Å². The Morgan fingerprint density at radius 2 is 1.82 bits per heavy atom. The number of hydrogen-bond donors (Lipinski definition) is 2. The van der Waals surface area contributed by atoms with E-state index in [1.54, 1.807) is 12.1 Å². The third-order valence-corrected chi connectivity index (χ3v) is 3.29. The van der Waals surface area contributed by atoms with E-state index in [1.807, 2.05) is 30.3 Å². The van der Waals surface area contributed by atoms with Crippen LogP contribution in [0.25, 0.3) is 0 Å². The zero-order valence-electron chi connectivity index (χ0n) is 9.36. The number of benzene rings is 2. The first kappa shape index (κ1) is 12.1. The smallest absolute Gasteiger partial charge is 0.115 e. The molecule has 0 atom stereocenters. The van der Waals surface area contributed by atoms with Crippen molar-refractivity contribution in [2.75, 3.05) is 0 Å². The van der Waals surface area contributed by atoms with E-state index in [1.165, 1.54) is 5.56 Å². The first-order valence-electron chi connectivity index (χ1n) is 5.48. The van der Waals surface area contributed by atoms with Gasteiger partial charge >= 0.3 is 0 Å². The summed E-state index contributed by atoms with van der Waals surface area (Å²) < 4.78 is 1.11. The highest BCUT2D eigenvalue weighted by Gasteiger charge is 1.98. The Morgan fingerprint density at radius 1 is 1.00 bits per heavy atom. The highest BCUT2D eigenvalue weighted by molar-refractivity contribution is 9.10. The number of phenols is 1. The van der Waals surface area contributed by atoms with Gasteiger partial charge in [0, 0.05) is 17.6 Å². The second kappa shape index (κ2) is 5.84. The average Bonchev–Trinajstić information content (AvgIpc) is 2.32. The molecule has 0 heterocycles. The quantitative estimate of drug-likeness (QED) is 0.904. The van der Waals surface area contributed by atoms with Gasteiger partial charge in [0.1, 0.15) is 5.75 Å². The fraction of sp³-hybridized carbons (Fsp3) is 0.143. The zero-order chi connectivity index (χ0) is 12.1. The molecule has 0 aliphatic rings. The van der Waals surface area contributed by atoms with Crippen LogP contribution in [0.1, 0.15) is 11.1 Å². The molecule has 2 aromatic rings. The van der Waals surface area contributed by atoms with Crippen molar-refractivity contribution in [3.05, 3.63) is 64.1 Å². The van der Waals surface area contributed by atoms with E-state index in [0.717, 1.165) is 23.1 Å². The standard InChI is InChI=1S/C14H14BrNO/c15-14-7-2-1-5-12(14)10-16-9-11-4-3-6-13(17)8-11/h1-8,16-17H,9-10H2. The minimum Gasteiger partial charge on any atom is -0.508 e. The van der Waals surface area contributed by atoms with Crippen molar-refractivity contribution in [3.63, 3.8) is 0 Å². The van der Waals surface area contributed by atoms with Crippen LogP contribution in [-0.2, 0) is 13.1 Å². The second-order valence-electron chi connectivity index (χ2n) is 3.86. The number of rotatable bonds is 4. The summed E-state index contributed by atoms with van der Waals surface area (Å²) in [6.07, 6.45) is 0. The summed E-state index contributed by atoms with van der Waals surface area (Å²) in [5.41, 5.74) is 2.31. The molecule has 3 heteroatoms. The van der Waals surface area contributed by atoms with Crippen molar-refractivity contribution in [1.82, 2.24) is 5.32 Å². The highest BCUT2D eigenvalue weighted by atomic mass is 79.9. The predicted octanol–water partition coefficient (Wildman–Crippen LogP) is 3.44. The SMILES string of the molecule is Oc1cccc(CNCc2ccccc2Br)c1. The molecule has 0 spiro atoms. The molecule has 17 heavy (non-hydrogen) atoms. The van der Waals surface area contributed by atoms with Gasteiger partial charge < -0.3 is 10.4 Å². The van der Waals surface area contributed by atoms with E-state index in [2.05, 4.69) is 27.3 Å². The molecule has 0 aromatic heterocycles. The largest absolute Gasteiger partial charge is 0.508 e. The fourth-order valence-corrected chi connectivity index (χ4v) is 2.07. The summed E-state index contributed by atoms with van der Waals surface area (Å²) in [5, 5.41) is 12.7. The maximum atomic E-state index is 9.34. The van der Waals surface area contributed by atoms with Gasteiger partial charge in [-0.25, -0.2) is 0 Å². The fourth-order valence-electron chi connectivity index (χ4n) is 1.65. The Bertz CT molecular complexity index is 499. The molecule has 0 saturated heterocycles. The van der Waals surface area contributed by atoms with Crippen LogP contribution in [0.15, 0.2) is 53.0 Å². The molecule has 2 rings (SSSR count). The van der Waals surface area contributed by atoms with Gasteiger partial charge in [-0.2, -0.15) is 0 Å². The lowest BCUT2D eigenvalue weighted by Crippen LogP contribution is -2.12. The molecule has 2 aromatic carbocycles. The van der Waals surface area contributed by atoms with Crippen LogP contribution >= 0.6 is 15.9 Å². The van der Waals surface area contributed by atoms with Gasteiger partial charge in [0.05, 0.1) is 0 Å². The maximum Gasteiger partial charge on any atom is 0.115 e. The topological polar surface area (TPSA) is 32.3 Å². The monoisotopic (exact) mass is 291 g/mol. The van der Waals surface area contributed by atoms with Gasteiger partial charge in [0.25, 0.3) is 0 Å². The number of phenolic OH excluding ortho intramolecular Hbond substituents is 1. The lowest BCUT2D eigenvalue weighted by Gasteiger charge is -2.07. The van der Waals surface area contributed by atoms with Crippen molar-refractivity contribution in [1.29, 1.82) is 0 Å². The molecule has 0 bridgehead atoms. The van der Waals surface area contributed by atoms with Crippen LogP contribution in [0.2, 0.25) is 0 Å². The summed E-state index contributed by atoms with van der Waals surface area (Å²) in [4.78, 5) is 0. The minimum absolute atomic E-state index is 0.310. The van der Waals surface area contributed by atoms with Gasteiger partial charge in [0.2, 0.25) is 0 Å². The van der Waals surface area contributed by atoms with E-state index in [0.29, 0.717) is 5.75 Å². The number of aromatic hydroxyl groups is 1. The molecule has 0 saturated carbocycles. The Labute approximate surface area is 109 Å². The number of hydrogen-bond acceptors (Lipinski definition) is 2. The molecule has 0 fully saturated rings. The maximum absolute atomic E-state index is 9.34. The van der Waals surface area contributed by atoms with Crippen molar-refractivity contribution < 1.29 is 5.11 Å². The highest BCUT2D eigenvalue weighted by Crippen LogP contribution is 2.16. The van der Waals surface area contributed by atoms with Crippen molar-refractivity contribution in [3.8, 4) is 5.75 Å². The van der Waals surface area contributed by atoms with Crippen LogP contribution in [0.3, 0.4) is 0 Å². The molecule has 0 unspecified atom stereocenters. The van der Waals surface area contributed by atoms with E-state index in [9.17, 15) is 5.11 Å². The molecule has 0 radical (unpaired) electrons. The van der Waals surface area contributed by atoms with Gasteiger partial charge in [-0.1, -0.05) is 46.3 Å². The van der Waals surface area contributed by atoms with E-state index < -0.39 is 0 Å². The van der Waals surface area contributed by atoms with Gasteiger partial charge in [-0.15, -0.1) is 0 Å². The van der Waals surface area contributed by atoms with E-state index in [4.69, 9.17) is 0 Å². The molecule has 0 aliphatic heterocycles. The Hall–Kier alpha value is -1.32. The van der Waals surface area contributed by atoms with Crippen molar-refractivity contribution in [2.45, 2.75) is 13.1 Å². The van der Waals surface area contributed by atoms with Crippen LogP contribution < -0.4 is 5.32 Å². The molecule has 88 valence electrons. The van der Waals surface area contributed by atoms with E-state index >= 15 is 0 Å². The van der Waals surface area contributed by atoms with Crippen LogP contribution in [0, 0.1) is 0 Å². The van der Waals surface area contributed by atoms with Gasteiger partial charge in [-0.3, -0.25) is 0 Å². The van der Waals surface area contributed by atoms with Crippen LogP contribution in [0.5, 0.6) is 5.75 Å². The third kappa shape index (κ3) is 3.58. The lowest BCUT2D eigenvalue weighted by atomic mass is 10.2. The summed E-state index contributed by atoms with van der Waals surface area (Å²) >= 11 is 3.51. The zero-order valence-corrected chi connectivity index (χ0v) is 10.9. The van der Waals surface area contributed by atoms with Crippen molar-refractivity contribution >= 4 is 15.9 Å². The molecule has 2 nitrogen and oxygen atoms in total. The van der Waals surface area contributed by atoms with E-state index in [-0.39, 0.29) is 0 Å².